The molecule has 0 aliphatic carbocycles. The minimum absolute atomic E-state index is 0.0739. The van der Waals surface area contributed by atoms with Crippen LogP contribution in [0.1, 0.15) is 27.7 Å². The Kier molecular flexibility index (Phi) is 3.82. The molecule has 0 spiro atoms. The summed E-state index contributed by atoms with van der Waals surface area (Å²) in [6.07, 6.45) is 2.51. The quantitative estimate of drug-likeness (QED) is 0.573. The van der Waals surface area contributed by atoms with Crippen molar-refractivity contribution in [1.29, 1.82) is 0 Å². The maximum absolute atomic E-state index is 12.6. The Balaban J connectivity index is 1.56. The van der Waals surface area contributed by atoms with Crippen molar-refractivity contribution in [3.05, 3.63) is 65.6 Å². The maximum atomic E-state index is 12.6. The SMILES string of the molecule is COc1ccccc1[C@@H]1CNC(=O)c2nc(-c3nnc4ccccn34)[nH]c2C1. The molecule has 1 aromatic carbocycles. The number of para-hydroxylation sites is 1. The summed E-state index contributed by atoms with van der Waals surface area (Å²) in [5.41, 5.74) is 2.97. The van der Waals surface area contributed by atoms with Crippen LogP contribution in [0.15, 0.2) is 48.7 Å². The van der Waals surface area contributed by atoms with Crippen molar-refractivity contribution in [2.75, 3.05) is 13.7 Å². The molecule has 8 heteroatoms. The molecule has 1 amide bonds. The number of hydrogen-bond donors (Lipinski definition) is 2. The average molecular weight is 374 g/mol. The van der Waals surface area contributed by atoms with Gasteiger partial charge in [0.25, 0.3) is 5.91 Å². The normalized spacial score (nSPS) is 16.5. The second-order valence-corrected chi connectivity index (χ2v) is 6.72. The molecule has 0 fully saturated rings. The van der Waals surface area contributed by atoms with E-state index in [0.717, 1.165) is 22.7 Å². The lowest BCUT2D eigenvalue weighted by atomic mass is 9.93. The van der Waals surface area contributed by atoms with Gasteiger partial charge in [0.2, 0.25) is 5.82 Å². The van der Waals surface area contributed by atoms with Crippen molar-refractivity contribution in [2.24, 2.45) is 0 Å². The molecular formula is C20H18N6O2. The Morgan fingerprint density at radius 3 is 2.89 bits per heavy atom. The molecule has 4 heterocycles. The third kappa shape index (κ3) is 2.61. The van der Waals surface area contributed by atoms with E-state index in [1.165, 1.54) is 0 Å². The lowest BCUT2D eigenvalue weighted by Crippen LogP contribution is -2.26. The molecule has 0 saturated carbocycles. The van der Waals surface area contributed by atoms with Crippen LogP contribution < -0.4 is 10.1 Å². The third-order valence-corrected chi connectivity index (χ3v) is 5.06. The van der Waals surface area contributed by atoms with Crippen LogP contribution in [-0.2, 0) is 6.42 Å². The molecule has 2 N–H and O–H groups in total. The maximum Gasteiger partial charge on any atom is 0.271 e. The number of amides is 1. The zero-order valence-corrected chi connectivity index (χ0v) is 15.2. The highest BCUT2D eigenvalue weighted by Crippen LogP contribution is 2.31. The molecule has 5 rings (SSSR count). The van der Waals surface area contributed by atoms with Crippen molar-refractivity contribution in [1.82, 2.24) is 29.9 Å². The number of aromatic nitrogens is 5. The highest BCUT2D eigenvalue weighted by atomic mass is 16.5. The van der Waals surface area contributed by atoms with Crippen LogP contribution in [0, 0.1) is 0 Å². The van der Waals surface area contributed by atoms with Gasteiger partial charge in [0, 0.05) is 24.4 Å². The number of benzene rings is 1. The fourth-order valence-electron chi connectivity index (χ4n) is 3.70. The number of H-pyrrole nitrogens is 1. The Hall–Kier alpha value is -3.68. The van der Waals surface area contributed by atoms with Crippen LogP contribution >= 0.6 is 0 Å². The summed E-state index contributed by atoms with van der Waals surface area (Å²) in [6, 6.07) is 13.6. The van der Waals surface area contributed by atoms with Crippen LogP contribution in [0.4, 0.5) is 0 Å². The molecule has 3 aromatic heterocycles. The van der Waals surface area contributed by atoms with E-state index in [4.69, 9.17) is 4.74 Å². The van der Waals surface area contributed by atoms with Crippen molar-refractivity contribution in [3.8, 4) is 17.4 Å². The molecule has 1 atom stereocenters. The topological polar surface area (TPSA) is 97.2 Å². The molecular weight excluding hydrogens is 356 g/mol. The van der Waals surface area contributed by atoms with Gasteiger partial charge in [-0.25, -0.2) is 4.98 Å². The number of ether oxygens (including phenoxy) is 1. The van der Waals surface area contributed by atoms with Crippen molar-refractivity contribution >= 4 is 11.6 Å². The van der Waals surface area contributed by atoms with Gasteiger partial charge in [-0.15, -0.1) is 10.2 Å². The number of imidazole rings is 1. The number of nitrogens with one attached hydrogen (secondary N) is 2. The molecule has 4 aromatic rings. The van der Waals surface area contributed by atoms with Crippen molar-refractivity contribution < 1.29 is 9.53 Å². The van der Waals surface area contributed by atoms with Gasteiger partial charge in [0.05, 0.1) is 7.11 Å². The van der Waals surface area contributed by atoms with E-state index >= 15 is 0 Å². The van der Waals surface area contributed by atoms with E-state index in [0.29, 0.717) is 30.3 Å². The predicted octanol–water partition coefficient (Wildman–Crippen LogP) is 2.20. The summed E-state index contributed by atoms with van der Waals surface area (Å²) in [5.74, 6) is 1.80. The Labute approximate surface area is 160 Å². The highest BCUT2D eigenvalue weighted by molar-refractivity contribution is 5.94. The molecule has 28 heavy (non-hydrogen) atoms. The summed E-state index contributed by atoms with van der Waals surface area (Å²) >= 11 is 0. The summed E-state index contributed by atoms with van der Waals surface area (Å²) < 4.78 is 7.35. The third-order valence-electron chi connectivity index (χ3n) is 5.06. The number of fused-ring (bicyclic) bond motifs is 2. The molecule has 1 aliphatic rings. The van der Waals surface area contributed by atoms with Gasteiger partial charge >= 0.3 is 0 Å². The first kappa shape index (κ1) is 16.5. The van der Waals surface area contributed by atoms with Gasteiger partial charge < -0.3 is 15.0 Å². The number of hydrogen-bond acceptors (Lipinski definition) is 5. The van der Waals surface area contributed by atoms with Gasteiger partial charge in [-0.1, -0.05) is 24.3 Å². The average Bonchev–Trinajstić information content (AvgIpc) is 3.31. The molecule has 0 bridgehead atoms. The Morgan fingerprint density at radius 2 is 2.00 bits per heavy atom. The standard InChI is InChI=1S/C20H18N6O2/c1-28-15-7-3-2-6-13(15)12-10-14-17(20(27)21-11-12)23-18(22-14)19-25-24-16-8-4-5-9-26(16)19/h2-9,12H,10-11H2,1H3,(H,21,27)(H,22,23)/t12-/m0/s1. The number of aromatic amines is 1. The molecule has 8 nitrogen and oxygen atoms in total. The first-order chi connectivity index (χ1) is 13.7. The Morgan fingerprint density at radius 1 is 1.14 bits per heavy atom. The molecule has 1 aliphatic heterocycles. The van der Waals surface area contributed by atoms with Crippen molar-refractivity contribution in [3.63, 3.8) is 0 Å². The number of pyridine rings is 1. The number of carbonyl (C=O) groups excluding carboxylic acids is 1. The first-order valence-electron chi connectivity index (χ1n) is 9.04. The van der Waals surface area contributed by atoms with Crippen LogP contribution in [0.25, 0.3) is 17.3 Å². The fraction of sp³-hybridized carbons (Fsp3) is 0.200. The lowest BCUT2D eigenvalue weighted by molar-refractivity contribution is 0.0950. The van der Waals surface area contributed by atoms with E-state index in [-0.39, 0.29) is 11.8 Å². The van der Waals surface area contributed by atoms with Crippen LogP contribution in [-0.4, -0.2) is 44.1 Å². The molecule has 0 saturated heterocycles. The van der Waals surface area contributed by atoms with Gasteiger partial charge in [-0.2, -0.15) is 0 Å². The zero-order chi connectivity index (χ0) is 19.1. The van der Waals surface area contributed by atoms with Crippen LogP contribution in [0.3, 0.4) is 0 Å². The van der Waals surface area contributed by atoms with E-state index in [1.54, 1.807) is 7.11 Å². The smallest absolute Gasteiger partial charge is 0.271 e. The second-order valence-electron chi connectivity index (χ2n) is 6.72. The van der Waals surface area contributed by atoms with Crippen LogP contribution in [0.2, 0.25) is 0 Å². The number of rotatable bonds is 3. The minimum atomic E-state index is -0.191. The highest BCUT2D eigenvalue weighted by Gasteiger charge is 2.28. The molecule has 0 unspecified atom stereocenters. The van der Waals surface area contributed by atoms with Crippen LogP contribution in [0.5, 0.6) is 5.75 Å². The van der Waals surface area contributed by atoms with Gasteiger partial charge in [0.15, 0.2) is 11.5 Å². The molecule has 0 radical (unpaired) electrons. The Bertz CT molecular complexity index is 1180. The zero-order valence-electron chi connectivity index (χ0n) is 15.2. The summed E-state index contributed by atoms with van der Waals surface area (Å²) in [4.78, 5) is 20.4. The number of nitrogens with zero attached hydrogens (tertiary/aromatic N) is 4. The van der Waals surface area contributed by atoms with E-state index < -0.39 is 0 Å². The first-order valence-corrected chi connectivity index (χ1v) is 9.04. The summed E-state index contributed by atoms with van der Waals surface area (Å²) in [6.45, 7) is 0.520. The van der Waals surface area contributed by atoms with Gasteiger partial charge in [0.1, 0.15) is 11.4 Å². The second kappa shape index (κ2) is 6.49. The molecule has 140 valence electrons. The van der Waals surface area contributed by atoms with Gasteiger partial charge in [-0.05, 0) is 30.2 Å². The van der Waals surface area contributed by atoms with E-state index in [2.05, 4.69) is 25.5 Å². The van der Waals surface area contributed by atoms with E-state index in [1.807, 2.05) is 53.1 Å². The monoisotopic (exact) mass is 374 g/mol. The summed E-state index contributed by atoms with van der Waals surface area (Å²) in [7, 11) is 1.66. The number of methoxy groups -OCH3 is 1. The fourth-order valence-corrected chi connectivity index (χ4v) is 3.70. The predicted molar refractivity (Wildman–Crippen MR) is 102 cm³/mol. The summed E-state index contributed by atoms with van der Waals surface area (Å²) in [5, 5.41) is 11.4. The lowest BCUT2D eigenvalue weighted by Gasteiger charge is -2.17. The minimum Gasteiger partial charge on any atom is -0.496 e. The van der Waals surface area contributed by atoms with Gasteiger partial charge in [-0.3, -0.25) is 9.20 Å². The largest absolute Gasteiger partial charge is 0.496 e. The number of carbonyl (C=O) groups is 1. The van der Waals surface area contributed by atoms with E-state index in [9.17, 15) is 4.79 Å². The van der Waals surface area contributed by atoms with Crippen molar-refractivity contribution in [2.45, 2.75) is 12.3 Å².